The highest BCUT2D eigenvalue weighted by atomic mass is 19.4. The minimum Gasteiger partial charge on any atom is -0.396 e. The second-order valence-electron chi connectivity index (χ2n) is 8.10. The Labute approximate surface area is 174 Å². The van der Waals surface area contributed by atoms with Crippen molar-refractivity contribution in [2.75, 3.05) is 17.2 Å². The van der Waals surface area contributed by atoms with Gasteiger partial charge >= 0.3 is 12.4 Å². The summed E-state index contributed by atoms with van der Waals surface area (Å²) in [5.74, 6) is -0.746. The van der Waals surface area contributed by atoms with Crippen molar-refractivity contribution in [1.29, 1.82) is 0 Å². The van der Waals surface area contributed by atoms with Crippen LogP contribution in [0.5, 0.6) is 0 Å². The van der Waals surface area contributed by atoms with Crippen molar-refractivity contribution in [2.45, 2.75) is 45.2 Å². The van der Waals surface area contributed by atoms with E-state index in [2.05, 4.69) is 20.6 Å². The number of aromatic nitrogens is 2. The fraction of sp³-hybridized carbons (Fsp3) is 0.500. The summed E-state index contributed by atoms with van der Waals surface area (Å²) >= 11 is 0. The molecule has 1 aromatic carbocycles. The molecule has 1 aromatic heterocycles. The fourth-order valence-electron chi connectivity index (χ4n) is 3.65. The van der Waals surface area contributed by atoms with Gasteiger partial charge in [0.25, 0.3) is 0 Å². The Morgan fingerprint density at radius 3 is 2.29 bits per heavy atom. The van der Waals surface area contributed by atoms with E-state index in [1.165, 1.54) is 18.2 Å². The van der Waals surface area contributed by atoms with Crippen LogP contribution < -0.4 is 10.6 Å². The van der Waals surface area contributed by atoms with E-state index in [-0.39, 0.29) is 36.6 Å². The van der Waals surface area contributed by atoms with E-state index >= 15 is 0 Å². The van der Waals surface area contributed by atoms with Crippen molar-refractivity contribution < 1.29 is 31.4 Å². The maximum Gasteiger partial charge on any atom is 0.421 e. The smallest absolute Gasteiger partial charge is 0.396 e. The molecule has 2 aromatic rings. The SMILES string of the molecule is CC1(C)[C@@H](CO)C[C@H]1Nc1nc(NCc2ccccc2C(F)(F)F)ncc1C(F)(F)F. The van der Waals surface area contributed by atoms with Crippen LogP contribution in [-0.4, -0.2) is 27.7 Å². The molecule has 31 heavy (non-hydrogen) atoms. The predicted molar refractivity (Wildman–Crippen MR) is 102 cm³/mol. The first-order valence-corrected chi connectivity index (χ1v) is 9.54. The molecule has 5 nitrogen and oxygen atoms in total. The van der Waals surface area contributed by atoms with Gasteiger partial charge in [0, 0.05) is 25.4 Å². The summed E-state index contributed by atoms with van der Waals surface area (Å²) in [6, 6.07) is 4.52. The molecule has 0 amide bonds. The first kappa shape index (κ1) is 23.1. The third-order valence-electron chi connectivity index (χ3n) is 5.86. The van der Waals surface area contributed by atoms with Crippen LogP contribution in [-0.2, 0) is 18.9 Å². The van der Waals surface area contributed by atoms with Crippen LogP contribution in [0.4, 0.5) is 38.1 Å². The van der Waals surface area contributed by atoms with Crippen LogP contribution in [0.15, 0.2) is 30.5 Å². The fourth-order valence-corrected chi connectivity index (χ4v) is 3.65. The highest BCUT2D eigenvalue weighted by Crippen LogP contribution is 2.48. The molecule has 0 radical (unpaired) electrons. The van der Waals surface area contributed by atoms with Gasteiger partial charge in [-0.3, -0.25) is 0 Å². The Hall–Kier alpha value is -2.56. The first-order valence-electron chi connectivity index (χ1n) is 9.54. The van der Waals surface area contributed by atoms with Crippen molar-refractivity contribution in [3.05, 3.63) is 47.2 Å². The third-order valence-corrected chi connectivity index (χ3v) is 5.86. The lowest BCUT2D eigenvalue weighted by molar-refractivity contribution is -0.138. The number of nitrogens with one attached hydrogen (secondary N) is 2. The molecule has 0 spiro atoms. The van der Waals surface area contributed by atoms with Gasteiger partial charge in [-0.2, -0.15) is 31.3 Å². The summed E-state index contributed by atoms with van der Waals surface area (Å²) in [7, 11) is 0. The Bertz CT molecular complexity index is 929. The molecular formula is C20H22F6N4O. The second-order valence-corrected chi connectivity index (χ2v) is 8.10. The average Bonchev–Trinajstić information content (AvgIpc) is 2.68. The van der Waals surface area contributed by atoms with E-state index in [1.54, 1.807) is 0 Å². The van der Waals surface area contributed by atoms with Gasteiger partial charge in [-0.1, -0.05) is 32.0 Å². The normalized spacial score (nSPS) is 20.8. The summed E-state index contributed by atoms with van der Waals surface area (Å²) in [4.78, 5) is 7.52. The van der Waals surface area contributed by atoms with E-state index in [0.29, 0.717) is 12.6 Å². The van der Waals surface area contributed by atoms with Gasteiger partial charge in [-0.25, -0.2) is 4.98 Å². The summed E-state index contributed by atoms with van der Waals surface area (Å²) in [5.41, 5.74) is -2.46. The minimum atomic E-state index is -4.71. The molecule has 1 saturated carbocycles. The number of anilines is 2. The maximum absolute atomic E-state index is 13.4. The number of halogens is 6. The Kier molecular flexibility index (Phi) is 6.09. The zero-order valence-electron chi connectivity index (χ0n) is 16.8. The van der Waals surface area contributed by atoms with Crippen molar-refractivity contribution in [1.82, 2.24) is 9.97 Å². The highest BCUT2D eigenvalue weighted by molar-refractivity contribution is 5.50. The monoisotopic (exact) mass is 448 g/mol. The number of hydrogen-bond acceptors (Lipinski definition) is 5. The summed E-state index contributed by atoms with van der Waals surface area (Å²) in [5, 5.41) is 14.7. The Morgan fingerprint density at radius 1 is 1.06 bits per heavy atom. The van der Waals surface area contributed by atoms with Crippen LogP contribution >= 0.6 is 0 Å². The van der Waals surface area contributed by atoms with Gasteiger partial charge in [0.2, 0.25) is 5.95 Å². The van der Waals surface area contributed by atoms with Crippen LogP contribution in [0.1, 0.15) is 37.0 Å². The molecule has 11 heteroatoms. The van der Waals surface area contributed by atoms with E-state index in [1.807, 2.05) is 13.8 Å². The Morgan fingerprint density at radius 2 is 1.71 bits per heavy atom. The minimum absolute atomic E-state index is 0.0577. The average molecular weight is 448 g/mol. The summed E-state index contributed by atoms with van der Waals surface area (Å²) in [6.07, 6.45) is -8.21. The van der Waals surface area contributed by atoms with E-state index in [0.717, 1.165) is 6.07 Å². The van der Waals surface area contributed by atoms with Gasteiger partial charge < -0.3 is 15.7 Å². The maximum atomic E-state index is 13.4. The Balaban J connectivity index is 1.83. The number of nitrogens with zero attached hydrogens (tertiary/aromatic N) is 2. The lowest BCUT2D eigenvalue weighted by Gasteiger charge is -2.52. The topological polar surface area (TPSA) is 70.1 Å². The molecule has 3 N–H and O–H groups in total. The first-order chi connectivity index (χ1) is 14.3. The van der Waals surface area contributed by atoms with E-state index in [4.69, 9.17) is 0 Å². The van der Waals surface area contributed by atoms with Crippen molar-refractivity contribution in [2.24, 2.45) is 11.3 Å². The largest absolute Gasteiger partial charge is 0.421 e. The van der Waals surface area contributed by atoms with Gasteiger partial charge in [0.1, 0.15) is 11.4 Å². The molecule has 1 fully saturated rings. The molecule has 0 aliphatic heterocycles. The molecule has 2 atom stereocenters. The lowest BCUT2D eigenvalue weighted by atomic mass is 9.59. The molecule has 170 valence electrons. The van der Waals surface area contributed by atoms with Crippen molar-refractivity contribution >= 4 is 11.8 Å². The molecule has 1 aliphatic rings. The van der Waals surface area contributed by atoms with Crippen molar-refractivity contribution in [3.63, 3.8) is 0 Å². The number of aliphatic hydroxyl groups excluding tert-OH is 1. The van der Waals surface area contributed by atoms with Crippen LogP contribution in [0.25, 0.3) is 0 Å². The van der Waals surface area contributed by atoms with Gasteiger partial charge in [0.15, 0.2) is 0 Å². The van der Waals surface area contributed by atoms with Gasteiger partial charge in [-0.15, -0.1) is 0 Å². The van der Waals surface area contributed by atoms with Gasteiger partial charge in [0.05, 0.1) is 5.56 Å². The van der Waals surface area contributed by atoms with Gasteiger partial charge in [-0.05, 0) is 29.4 Å². The van der Waals surface area contributed by atoms with Crippen LogP contribution in [0.2, 0.25) is 0 Å². The number of alkyl halides is 6. The molecule has 1 aliphatic carbocycles. The highest BCUT2D eigenvalue weighted by Gasteiger charge is 2.48. The molecule has 0 saturated heterocycles. The van der Waals surface area contributed by atoms with E-state index in [9.17, 15) is 31.4 Å². The molecule has 0 unspecified atom stereocenters. The van der Waals surface area contributed by atoms with E-state index < -0.39 is 34.7 Å². The van der Waals surface area contributed by atoms with Crippen LogP contribution in [0.3, 0.4) is 0 Å². The summed E-state index contributed by atoms with van der Waals surface area (Å²) in [6.45, 7) is 3.27. The number of benzene rings is 1. The third kappa shape index (κ3) is 4.86. The number of hydrogen-bond donors (Lipinski definition) is 3. The van der Waals surface area contributed by atoms with Crippen molar-refractivity contribution in [3.8, 4) is 0 Å². The number of aliphatic hydroxyl groups is 1. The molecule has 1 heterocycles. The standard InChI is InChI=1S/C20H22F6N4O/c1-18(2)12(10-31)7-15(18)29-16-14(20(24,25)26)9-28-17(30-16)27-8-11-5-3-4-6-13(11)19(21,22)23/h3-6,9,12,15,31H,7-8,10H2,1-2H3,(H2,27,28,29,30)/t12-,15-/m1/s1. The quantitative estimate of drug-likeness (QED) is 0.546. The predicted octanol–water partition coefficient (Wildman–Crippen LogP) is 4.95. The van der Waals surface area contributed by atoms with Crippen LogP contribution in [0, 0.1) is 11.3 Å². The summed E-state index contributed by atoms with van der Waals surface area (Å²) < 4.78 is 79.7. The lowest BCUT2D eigenvalue weighted by Crippen LogP contribution is -2.55. The zero-order valence-corrected chi connectivity index (χ0v) is 16.8. The molecular weight excluding hydrogens is 426 g/mol. The zero-order chi connectivity index (χ0) is 23.0. The molecule has 3 rings (SSSR count). The molecule has 0 bridgehead atoms. The second kappa shape index (κ2) is 8.18. The number of rotatable bonds is 6.